The third kappa shape index (κ3) is 3.84. The third-order valence-electron chi connectivity index (χ3n) is 7.99. The zero-order valence-electron chi connectivity index (χ0n) is 21.8. The summed E-state index contributed by atoms with van der Waals surface area (Å²) >= 11 is 0. The van der Waals surface area contributed by atoms with Gasteiger partial charge in [0, 0.05) is 11.8 Å². The van der Waals surface area contributed by atoms with Crippen LogP contribution in [0.2, 0.25) is 0 Å². The minimum Gasteiger partial charge on any atom is -0.497 e. The highest BCUT2D eigenvalue weighted by molar-refractivity contribution is 6.23. The average molecular weight is 522 g/mol. The Morgan fingerprint density at radius 3 is 1.67 bits per heavy atom. The van der Waals surface area contributed by atoms with Crippen LogP contribution in [0.4, 0.5) is 5.69 Å². The molecule has 2 fully saturated rings. The Morgan fingerprint density at radius 1 is 0.692 bits per heavy atom. The van der Waals surface area contributed by atoms with Crippen molar-refractivity contribution in [3.05, 3.63) is 107 Å². The molecular weight excluding hydrogens is 494 g/mol. The number of methoxy groups -OCH3 is 3. The Kier molecular flexibility index (Phi) is 6.06. The van der Waals surface area contributed by atoms with Gasteiger partial charge in [-0.15, -0.1) is 0 Å². The van der Waals surface area contributed by atoms with E-state index in [2.05, 4.69) is 12.2 Å². The summed E-state index contributed by atoms with van der Waals surface area (Å²) in [5.41, 5.74) is 4.72. The average Bonchev–Trinajstić information content (AvgIpc) is 3.62. The van der Waals surface area contributed by atoms with Crippen molar-refractivity contribution in [1.82, 2.24) is 0 Å². The number of rotatable bonds is 6. The molecule has 0 spiro atoms. The molecule has 0 N–H and O–H groups in total. The lowest BCUT2D eigenvalue weighted by Gasteiger charge is -2.22. The molecule has 2 aliphatic carbocycles. The van der Waals surface area contributed by atoms with Crippen LogP contribution in [-0.2, 0) is 14.3 Å². The molecule has 2 amide bonds. The van der Waals surface area contributed by atoms with Crippen molar-refractivity contribution in [2.45, 2.75) is 0 Å². The fraction of sp³-hybridized carbons (Fsp3) is 0.219. The van der Waals surface area contributed by atoms with Gasteiger partial charge in [-0.3, -0.25) is 9.59 Å². The smallest absolute Gasteiger partial charge is 0.337 e. The van der Waals surface area contributed by atoms with Gasteiger partial charge >= 0.3 is 5.97 Å². The molecule has 0 unspecified atom stereocenters. The zero-order valence-corrected chi connectivity index (χ0v) is 21.8. The van der Waals surface area contributed by atoms with Gasteiger partial charge in [0.2, 0.25) is 11.8 Å². The lowest BCUT2D eigenvalue weighted by Crippen LogP contribution is -2.33. The molecule has 3 aromatic carbocycles. The first-order valence-corrected chi connectivity index (χ1v) is 12.7. The number of imide groups is 1. The lowest BCUT2D eigenvalue weighted by atomic mass is 9.85. The minimum atomic E-state index is -0.522. The van der Waals surface area contributed by atoms with Crippen LogP contribution >= 0.6 is 0 Å². The first-order chi connectivity index (χ1) is 19.0. The van der Waals surface area contributed by atoms with E-state index in [-0.39, 0.29) is 29.2 Å². The first kappa shape index (κ1) is 24.7. The number of esters is 1. The molecule has 3 aliphatic rings. The summed E-state index contributed by atoms with van der Waals surface area (Å²) in [6.45, 7) is 0. The number of hydrogen-bond acceptors (Lipinski definition) is 6. The normalized spacial score (nSPS) is 22.7. The Balaban J connectivity index is 1.44. The highest BCUT2D eigenvalue weighted by atomic mass is 16.5. The number of anilines is 1. The van der Waals surface area contributed by atoms with Gasteiger partial charge in [-0.1, -0.05) is 42.5 Å². The SMILES string of the molecule is COC(=O)c1cccc(N2C(=O)[C@H]3[C@H](C2=O)[C@H]2C=C[C@H]3C2=C(c2ccc(OC)cc2)c2ccc(OC)cc2)c1. The van der Waals surface area contributed by atoms with Gasteiger partial charge in [-0.05, 0) is 64.7 Å². The van der Waals surface area contributed by atoms with Gasteiger partial charge in [0.1, 0.15) is 11.5 Å². The van der Waals surface area contributed by atoms with Crippen LogP contribution < -0.4 is 14.4 Å². The molecule has 7 nitrogen and oxygen atoms in total. The summed E-state index contributed by atoms with van der Waals surface area (Å²) in [4.78, 5) is 41.0. The van der Waals surface area contributed by atoms with Crippen molar-refractivity contribution in [2.75, 3.05) is 26.2 Å². The Morgan fingerprint density at radius 2 is 1.21 bits per heavy atom. The van der Waals surface area contributed by atoms with E-state index >= 15 is 0 Å². The molecule has 1 aliphatic heterocycles. The second-order valence-electron chi connectivity index (χ2n) is 9.83. The fourth-order valence-electron chi connectivity index (χ4n) is 6.26. The Hall–Kier alpha value is -4.65. The summed E-state index contributed by atoms with van der Waals surface area (Å²) in [6.07, 6.45) is 4.13. The van der Waals surface area contributed by atoms with Gasteiger partial charge in [0.25, 0.3) is 0 Å². The zero-order chi connectivity index (χ0) is 27.3. The maximum absolute atomic E-state index is 13.8. The number of carbonyl (C=O) groups excluding carboxylic acids is 3. The standard InChI is InChI=1S/C32H27NO6/c1-37-22-11-7-18(8-12-22)26(19-9-13-23(38-2)14-10-19)27-24-15-16-25(27)29-28(24)30(34)33(31(29)35)21-6-4-5-20(17-21)32(36)39-3/h4-17,24-25,28-29H,1-3H3/t24-,25-,28+,29+/m0/s1. The minimum absolute atomic E-state index is 0.218. The van der Waals surface area contributed by atoms with Crippen LogP contribution in [0.15, 0.2) is 90.5 Å². The van der Waals surface area contributed by atoms with Gasteiger partial charge in [0.05, 0.1) is 44.4 Å². The predicted octanol–water partition coefficient (Wildman–Crippen LogP) is 4.91. The van der Waals surface area contributed by atoms with Crippen molar-refractivity contribution in [3.8, 4) is 11.5 Å². The number of carbonyl (C=O) groups is 3. The number of allylic oxidation sites excluding steroid dienone is 3. The number of ether oxygens (including phenoxy) is 3. The molecular formula is C32H27NO6. The quantitative estimate of drug-likeness (QED) is 0.260. The number of nitrogens with zero attached hydrogens (tertiary/aromatic N) is 1. The summed E-state index contributed by atoms with van der Waals surface area (Å²) in [5.74, 6) is -0.961. The topological polar surface area (TPSA) is 82.1 Å². The van der Waals surface area contributed by atoms with E-state index in [1.165, 1.54) is 18.1 Å². The summed E-state index contributed by atoms with van der Waals surface area (Å²) in [5, 5.41) is 0. The second kappa shape index (κ2) is 9.58. The first-order valence-electron chi connectivity index (χ1n) is 12.7. The Labute approximate surface area is 226 Å². The Bertz CT molecular complexity index is 1450. The molecule has 6 rings (SSSR count). The number of fused-ring (bicyclic) bond motifs is 5. The summed E-state index contributed by atoms with van der Waals surface area (Å²) in [7, 11) is 4.56. The third-order valence-corrected chi connectivity index (χ3v) is 7.99. The molecule has 2 bridgehead atoms. The second-order valence-corrected chi connectivity index (χ2v) is 9.83. The highest BCUT2D eigenvalue weighted by Crippen LogP contribution is 2.59. The van der Waals surface area contributed by atoms with Gasteiger partial charge < -0.3 is 14.2 Å². The van der Waals surface area contributed by atoms with Crippen LogP contribution in [0, 0.1) is 23.7 Å². The number of hydrogen-bond donors (Lipinski definition) is 0. The summed E-state index contributed by atoms with van der Waals surface area (Å²) in [6, 6.07) is 22.1. The van der Waals surface area contributed by atoms with E-state index in [0.29, 0.717) is 5.69 Å². The van der Waals surface area contributed by atoms with Gasteiger partial charge in [0.15, 0.2) is 0 Å². The molecule has 0 radical (unpaired) electrons. The van der Waals surface area contributed by atoms with Crippen molar-refractivity contribution >= 4 is 29.0 Å². The van der Waals surface area contributed by atoms with Crippen molar-refractivity contribution < 1.29 is 28.6 Å². The van der Waals surface area contributed by atoms with E-state index < -0.39 is 17.8 Å². The van der Waals surface area contributed by atoms with E-state index in [1.54, 1.807) is 32.4 Å². The van der Waals surface area contributed by atoms with Gasteiger partial charge in [-0.2, -0.15) is 0 Å². The van der Waals surface area contributed by atoms with Crippen molar-refractivity contribution in [3.63, 3.8) is 0 Å². The summed E-state index contributed by atoms with van der Waals surface area (Å²) < 4.78 is 15.6. The van der Waals surface area contributed by atoms with E-state index in [1.807, 2.05) is 48.5 Å². The van der Waals surface area contributed by atoms with E-state index in [4.69, 9.17) is 14.2 Å². The molecule has 0 aromatic heterocycles. The molecule has 196 valence electrons. The van der Waals surface area contributed by atoms with Gasteiger partial charge in [-0.25, -0.2) is 9.69 Å². The number of benzene rings is 3. The predicted molar refractivity (Wildman–Crippen MR) is 145 cm³/mol. The van der Waals surface area contributed by atoms with E-state index in [0.717, 1.165) is 33.8 Å². The lowest BCUT2D eigenvalue weighted by molar-refractivity contribution is -0.122. The van der Waals surface area contributed by atoms with Crippen LogP contribution in [0.5, 0.6) is 11.5 Å². The van der Waals surface area contributed by atoms with Crippen LogP contribution in [0.25, 0.3) is 5.57 Å². The monoisotopic (exact) mass is 521 g/mol. The molecule has 7 heteroatoms. The van der Waals surface area contributed by atoms with Crippen molar-refractivity contribution in [1.29, 1.82) is 0 Å². The molecule has 1 saturated carbocycles. The van der Waals surface area contributed by atoms with Crippen LogP contribution in [0.1, 0.15) is 21.5 Å². The maximum Gasteiger partial charge on any atom is 0.337 e. The highest BCUT2D eigenvalue weighted by Gasteiger charge is 2.62. The molecule has 39 heavy (non-hydrogen) atoms. The molecule has 4 atom stereocenters. The molecule has 1 saturated heterocycles. The van der Waals surface area contributed by atoms with Crippen LogP contribution in [0.3, 0.4) is 0 Å². The van der Waals surface area contributed by atoms with Crippen LogP contribution in [-0.4, -0.2) is 39.1 Å². The molecule has 1 heterocycles. The molecule has 3 aromatic rings. The number of amides is 2. The maximum atomic E-state index is 13.8. The van der Waals surface area contributed by atoms with Crippen molar-refractivity contribution in [2.24, 2.45) is 23.7 Å². The largest absolute Gasteiger partial charge is 0.497 e. The fourth-order valence-corrected chi connectivity index (χ4v) is 6.26. The van der Waals surface area contributed by atoms with E-state index in [9.17, 15) is 14.4 Å².